The van der Waals surface area contributed by atoms with Crippen LogP contribution in [0.4, 0.5) is 5.95 Å². The summed E-state index contributed by atoms with van der Waals surface area (Å²) in [5, 5.41) is 0. The van der Waals surface area contributed by atoms with Gasteiger partial charge in [0.2, 0.25) is 5.95 Å². The Morgan fingerprint density at radius 3 is 2.44 bits per heavy atom. The third-order valence-corrected chi connectivity index (χ3v) is 5.52. The summed E-state index contributed by atoms with van der Waals surface area (Å²) < 4.78 is 6.05. The van der Waals surface area contributed by atoms with Gasteiger partial charge in [0, 0.05) is 25.2 Å². The number of Topliss-reactive ketones (excluding diaryl/α,β-unsaturated/α-hetero) is 1. The van der Waals surface area contributed by atoms with Crippen LogP contribution in [0.3, 0.4) is 0 Å². The number of benzene rings is 1. The van der Waals surface area contributed by atoms with Gasteiger partial charge in [0.1, 0.15) is 17.6 Å². The summed E-state index contributed by atoms with van der Waals surface area (Å²) in [5.74, 6) is 2.93. The lowest BCUT2D eigenvalue weighted by Crippen LogP contribution is -2.54. The first-order chi connectivity index (χ1) is 13.1. The number of carbonyl (C=O) groups is 1. The molecule has 1 atom stereocenters. The zero-order valence-electron chi connectivity index (χ0n) is 16.1. The summed E-state index contributed by atoms with van der Waals surface area (Å²) in [6, 6.07) is 8.15. The van der Waals surface area contributed by atoms with Crippen molar-refractivity contribution in [1.82, 2.24) is 9.97 Å². The molecule has 0 amide bonds. The number of nitrogens with zero attached hydrogens (tertiary/aromatic N) is 3. The second-order valence-electron chi connectivity index (χ2n) is 7.80. The standard InChI is InChI=1S/C22H27N3O2/c1-3-19(26)10-15(2)16-6-8-20(9-7-16)27-21-13-25(14-21)22-23-11-18(12-24-22)17-4-5-17/h6-9,11-12,15,17,21H,3-5,10,13-14H2,1-2H3/t15-/m1/s1. The van der Waals surface area contributed by atoms with Crippen molar-refractivity contribution in [1.29, 1.82) is 0 Å². The Morgan fingerprint density at radius 2 is 1.85 bits per heavy atom. The molecule has 1 aromatic heterocycles. The third-order valence-electron chi connectivity index (χ3n) is 5.52. The van der Waals surface area contributed by atoms with Gasteiger partial charge in [0.15, 0.2) is 0 Å². The van der Waals surface area contributed by atoms with E-state index < -0.39 is 0 Å². The van der Waals surface area contributed by atoms with E-state index in [0.717, 1.165) is 24.8 Å². The molecule has 2 heterocycles. The van der Waals surface area contributed by atoms with Crippen molar-refractivity contribution in [3.05, 3.63) is 47.8 Å². The quantitative estimate of drug-likeness (QED) is 0.705. The highest BCUT2D eigenvalue weighted by Crippen LogP contribution is 2.39. The van der Waals surface area contributed by atoms with Gasteiger partial charge in [0.25, 0.3) is 0 Å². The van der Waals surface area contributed by atoms with Gasteiger partial charge < -0.3 is 9.64 Å². The molecule has 1 aliphatic carbocycles. The minimum Gasteiger partial charge on any atom is -0.487 e. The number of anilines is 1. The van der Waals surface area contributed by atoms with Gasteiger partial charge in [-0.2, -0.15) is 0 Å². The summed E-state index contributed by atoms with van der Waals surface area (Å²) in [6.07, 6.45) is 7.87. The number of rotatable bonds is 8. The van der Waals surface area contributed by atoms with Gasteiger partial charge in [0.05, 0.1) is 13.1 Å². The molecule has 0 spiro atoms. The van der Waals surface area contributed by atoms with Gasteiger partial charge >= 0.3 is 0 Å². The van der Waals surface area contributed by atoms with Gasteiger partial charge in [-0.25, -0.2) is 9.97 Å². The molecular weight excluding hydrogens is 338 g/mol. The lowest BCUT2D eigenvalue weighted by molar-refractivity contribution is -0.119. The van der Waals surface area contributed by atoms with Crippen LogP contribution in [0.1, 0.15) is 62.5 Å². The second kappa shape index (κ2) is 7.67. The van der Waals surface area contributed by atoms with E-state index in [1.807, 2.05) is 31.5 Å². The first-order valence-electron chi connectivity index (χ1n) is 9.97. The molecule has 142 valence electrons. The number of hydrogen-bond donors (Lipinski definition) is 0. The van der Waals surface area contributed by atoms with Crippen LogP contribution in [0.5, 0.6) is 5.75 Å². The minimum absolute atomic E-state index is 0.168. The highest BCUT2D eigenvalue weighted by Gasteiger charge is 2.31. The molecule has 1 saturated carbocycles. The van der Waals surface area contributed by atoms with Crippen molar-refractivity contribution in [3.63, 3.8) is 0 Å². The molecule has 5 nitrogen and oxygen atoms in total. The normalized spacial score (nSPS) is 18.1. The van der Waals surface area contributed by atoms with Crippen LogP contribution >= 0.6 is 0 Å². The Morgan fingerprint density at radius 1 is 1.19 bits per heavy atom. The van der Waals surface area contributed by atoms with Crippen molar-refractivity contribution in [2.75, 3.05) is 18.0 Å². The Balaban J connectivity index is 1.26. The minimum atomic E-state index is 0.168. The lowest BCUT2D eigenvalue weighted by Gasteiger charge is -2.38. The van der Waals surface area contributed by atoms with Gasteiger partial charge in [-0.15, -0.1) is 0 Å². The summed E-state index contributed by atoms with van der Waals surface area (Å²) >= 11 is 0. The van der Waals surface area contributed by atoms with Crippen molar-refractivity contribution < 1.29 is 9.53 Å². The highest BCUT2D eigenvalue weighted by molar-refractivity contribution is 5.78. The SMILES string of the molecule is CCC(=O)C[C@@H](C)c1ccc(OC2CN(c3ncc(C4CC4)cn3)C2)cc1. The predicted molar refractivity (Wildman–Crippen MR) is 105 cm³/mol. The fourth-order valence-corrected chi connectivity index (χ4v) is 3.47. The molecule has 2 fully saturated rings. The van der Waals surface area contributed by atoms with Crippen LogP contribution in [0.2, 0.25) is 0 Å². The van der Waals surface area contributed by atoms with Crippen molar-refractivity contribution in [2.24, 2.45) is 0 Å². The number of carbonyl (C=O) groups excluding carboxylic acids is 1. The summed E-state index contributed by atoms with van der Waals surface area (Å²) in [4.78, 5) is 22.8. The highest BCUT2D eigenvalue weighted by atomic mass is 16.5. The van der Waals surface area contributed by atoms with Crippen LogP contribution < -0.4 is 9.64 Å². The number of aromatic nitrogens is 2. The molecule has 5 heteroatoms. The maximum Gasteiger partial charge on any atom is 0.225 e. The van der Waals surface area contributed by atoms with Crippen LogP contribution in [0.15, 0.2) is 36.7 Å². The van der Waals surface area contributed by atoms with Crippen LogP contribution in [0.25, 0.3) is 0 Å². The molecule has 2 aliphatic rings. The lowest BCUT2D eigenvalue weighted by atomic mass is 9.95. The molecule has 4 rings (SSSR count). The summed E-state index contributed by atoms with van der Waals surface area (Å²) in [5.41, 5.74) is 2.45. The monoisotopic (exact) mass is 365 g/mol. The van der Waals surface area contributed by atoms with Gasteiger partial charge in [-0.3, -0.25) is 4.79 Å². The van der Waals surface area contributed by atoms with Crippen LogP contribution in [-0.2, 0) is 4.79 Å². The third kappa shape index (κ3) is 4.29. The molecular formula is C22H27N3O2. The Kier molecular flexibility index (Phi) is 5.10. The zero-order chi connectivity index (χ0) is 18.8. The van der Waals surface area contributed by atoms with Crippen LogP contribution in [-0.4, -0.2) is 34.9 Å². The van der Waals surface area contributed by atoms with Crippen molar-refractivity contribution in [3.8, 4) is 5.75 Å². The maximum absolute atomic E-state index is 11.6. The number of hydrogen-bond acceptors (Lipinski definition) is 5. The van der Waals surface area contributed by atoms with E-state index in [4.69, 9.17) is 4.74 Å². The largest absolute Gasteiger partial charge is 0.487 e. The Bertz CT molecular complexity index is 778. The second-order valence-corrected chi connectivity index (χ2v) is 7.80. The molecule has 1 aromatic carbocycles. The van der Waals surface area contributed by atoms with E-state index in [9.17, 15) is 4.79 Å². The smallest absolute Gasteiger partial charge is 0.225 e. The van der Waals surface area contributed by atoms with E-state index in [2.05, 4.69) is 33.9 Å². The van der Waals surface area contributed by atoms with E-state index >= 15 is 0 Å². The average Bonchev–Trinajstić information content (AvgIpc) is 3.50. The average molecular weight is 365 g/mol. The summed E-state index contributed by atoms with van der Waals surface area (Å²) in [6.45, 7) is 5.64. The number of ether oxygens (including phenoxy) is 1. The molecule has 0 bridgehead atoms. The van der Waals surface area contributed by atoms with E-state index in [1.54, 1.807) is 0 Å². The number of ketones is 1. The van der Waals surface area contributed by atoms with Crippen molar-refractivity contribution in [2.45, 2.75) is 57.5 Å². The fraction of sp³-hybridized carbons (Fsp3) is 0.500. The molecule has 0 N–H and O–H groups in total. The fourth-order valence-electron chi connectivity index (χ4n) is 3.47. The van der Waals surface area contributed by atoms with Gasteiger partial charge in [-0.05, 0) is 47.9 Å². The first-order valence-corrected chi connectivity index (χ1v) is 9.97. The van der Waals surface area contributed by atoms with E-state index in [0.29, 0.717) is 24.5 Å². The molecule has 0 radical (unpaired) electrons. The molecule has 2 aromatic rings. The van der Waals surface area contributed by atoms with E-state index in [-0.39, 0.29) is 12.0 Å². The van der Waals surface area contributed by atoms with E-state index in [1.165, 1.54) is 24.0 Å². The maximum atomic E-state index is 11.6. The first kappa shape index (κ1) is 18.0. The molecule has 1 aliphatic heterocycles. The molecule has 0 unspecified atom stereocenters. The zero-order valence-corrected chi connectivity index (χ0v) is 16.1. The topological polar surface area (TPSA) is 55.3 Å². The van der Waals surface area contributed by atoms with Gasteiger partial charge in [-0.1, -0.05) is 26.0 Å². The Hall–Kier alpha value is -2.43. The van der Waals surface area contributed by atoms with Crippen molar-refractivity contribution >= 4 is 11.7 Å². The Labute approximate surface area is 160 Å². The molecule has 1 saturated heterocycles. The predicted octanol–water partition coefficient (Wildman–Crippen LogP) is 4.09. The molecule has 27 heavy (non-hydrogen) atoms. The van der Waals surface area contributed by atoms with Crippen LogP contribution in [0, 0.1) is 0 Å². The summed E-state index contributed by atoms with van der Waals surface area (Å²) in [7, 11) is 0.